The van der Waals surface area contributed by atoms with E-state index in [1.807, 2.05) is 12.1 Å². The minimum atomic E-state index is -0.432. The lowest BCUT2D eigenvalue weighted by molar-refractivity contribution is -0.128. The Kier molecular flexibility index (Phi) is 6.04. The molecule has 0 radical (unpaired) electrons. The van der Waals surface area contributed by atoms with Crippen molar-refractivity contribution in [3.8, 4) is 0 Å². The number of hydrogen-bond acceptors (Lipinski definition) is 8. The Morgan fingerprint density at radius 3 is 3.00 bits per heavy atom. The smallest absolute Gasteiger partial charge is 0.246 e. The number of rotatable bonds is 7. The molecule has 134 valence electrons. The lowest BCUT2D eigenvalue weighted by Crippen LogP contribution is -2.45. The molecule has 1 N–H and O–H groups in total. The molecule has 2 aromatic heterocycles. The zero-order valence-electron chi connectivity index (χ0n) is 14.1. The van der Waals surface area contributed by atoms with Crippen LogP contribution in [0.2, 0.25) is 0 Å². The van der Waals surface area contributed by atoms with Crippen LogP contribution in [0.3, 0.4) is 0 Å². The molecule has 0 spiro atoms. The van der Waals surface area contributed by atoms with Gasteiger partial charge in [0.2, 0.25) is 11.8 Å². The topological polar surface area (TPSA) is 103 Å². The highest BCUT2D eigenvalue weighted by Gasteiger charge is 2.29. The van der Waals surface area contributed by atoms with Gasteiger partial charge in [-0.3, -0.25) is 14.7 Å². The molecule has 1 amide bonds. The first-order valence-electron chi connectivity index (χ1n) is 8.07. The molecule has 1 saturated heterocycles. The predicted octanol–water partition coefficient (Wildman–Crippen LogP) is 0.301. The standard InChI is InChI=1S/C16H21N5O4/c1-23-11-13-19-14(25-20-13)10-18-16(22)15(12-3-2-4-17-9-12)21-5-7-24-8-6-21/h2-4,9,15H,5-8,10-11H2,1H3,(H,18,22)/t15-/m0/s1. The van der Waals surface area contributed by atoms with Crippen LogP contribution in [-0.2, 0) is 27.4 Å². The van der Waals surface area contributed by atoms with E-state index in [0.29, 0.717) is 38.0 Å². The highest BCUT2D eigenvalue weighted by atomic mass is 16.5. The zero-order chi connectivity index (χ0) is 17.5. The number of methoxy groups -OCH3 is 1. The molecule has 0 bridgehead atoms. The predicted molar refractivity (Wildman–Crippen MR) is 86.2 cm³/mol. The van der Waals surface area contributed by atoms with Crippen LogP contribution in [-0.4, -0.2) is 59.3 Å². The first kappa shape index (κ1) is 17.5. The second kappa shape index (κ2) is 8.65. The molecule has 0 aliphatic carbocycles. The molecular formula is C16H21N5O4. The number of pyridine rings is 1. The maximum absolute atomic E-state index is 12.8. The molecule has 1 atom stereocenters. The molecular weight excluding hydrogens is 326 g/mol. The van der Waals surface area contributed by atoms with E-state index in [-0.39, 0.29) is 19.1 Å². The minimum absolute atomic E-state index is 0.138. The van der Waals surface area contributed by atoms with Crippen molar-refractivity contribution in [2.75, 3.05) is 33.4 Å². The highest BCUT2D eigenvalue weighted by molar-refractivity contribution is 5.83. The van der Waals surface area contributed by atoms with Gasteiger partial charge in [-0.1, -0.05) is 11.2 Å². The van der Waals surface area contributed by atoms with Gasteiger partial charge in [0.1, 0.15) is 12.6 Å². The number of carbonyl (C=O) groups is 1. The third-order valence-electron chi connectivity index (χ3n) is 3.86. The summed E-state index contributed by atoms with van der Waals surface area (Å²) in [7, 11) is 1.55. The summed E-state index contributed by atoms with van der Waals surface area (Å²) in [5, 5.41) is 6.64. The SMILES string of the molecule is COCc1noc(CNC(=O)[C@H](c2cccnc2)N2CCOCC2)n1. The fourth-order valence-electron chi connectivity index (χ4n) is 2.71. The molecule has 0 saturated carbocycles. The largest absolute Gasteiger partial charge is 0.379 e. The van der Waals surface area contributed by atoms with E-state index in [1.54, 1.807) is 19.5 Å². The van der Waals surface area contributed by atoms with Gasteiger partial charge >= 0.3 is 0 Å². The van der Waals surface area contributed by atoms with Crippen molar-refractivity contribution in [2.45, 2.75) is 19.2 Å². The maximum Gasteiger partial charge on any atom is 0.246 e. The third kappa shape index (κ3) is 4.59. The molecule has 25 heavy (non-hydrogen) atoms. The summed E-state index contributed by atoms with van der Waals surface area (Å²) in [6.45, 7) is 3.01. The molecule has 9 heteroatoms. The van der Waals surface area contributed by atoms with E-state index < -0.39 is 6.04 Å². The Balaban J connectivity index is 1.67. The Morgan fingerprint density at radius 1 is 1.44 bits per heavy atom. The number of carbonyl (C=O) groups excluding carboxylic acids is 1. The molecule has 2 aromatic rings. The number of nitrogens with one attached hydrogen (secondary N) is 1. The Morgan fingerprint density at radius 2 is 2.28 bits per heavy atom. The van der Waals surface area contributed by atoms with Crippen LogP contribution in [0.1, 0.15) is 23.3 Å². The van der Waals surface area contributed by atoms with Gasteiger partial charge in [-0.15, -0.1) is 0 Å². The monoisotopic (exact) mass is 347 g/mol. The van der Waals surface area contributed by atoms with Crippen molar-refractivity contribution in [1.82, 2.24) is 25.3 Å². The summed E-state index contributed by atoms with van der Waals surface area (Å²) < 4.78 is 15.4. The Labute approximate surface area is 145 Å². The van der Waals surface area contributed by atoms with E-state index in [0.717, 1.165) is 5.56 Å². The average Bonchev–Trinajstić information content (AvgIpc) is 3.10. The number of amides is 1. The van der Waals surface area contributed by atoms with Gasteiger partial charge in [0.05, 0.1) is 19.8 Å². The van der Waals surface area contributed by atoms with Crippen LogP contribution >= 0.6 is 0 Å². The van der Waals surface area contributed by atoms with Gasteiger partial charge in [-0.2, -0.15) is 4.98 Å². The summed E-state index contributed by atoms with van der Waals surface area (Å²) >= 11 is 0. The van der Waals surface area contributed by atoms with E-state index in [2.05, 4.69) is 25.3 Å². The van der Waals surface area contributed by atoms with Gasteiger partial charge in [0.25, 0.3) is 0 Å². The maximum atomic E-state index is 12.8. The van der Waals surface area contributed by atoms with Crippen LogP contribution in [0.15, 0.2) is 29.0 Å². The molecule has 9 nitrogen and oxygen atoms in total. The first-order chi connectivity index (χ1) is 12.3. The minimum Gasteiger partial charge on any atom is -0.379 e. The van der Waals surface area contributed by atoms with E-state index in [9.17, 15) is 4.79 Å². The van der Waals surface area contributed by atoms with Crippen molar-refractivity contribution in [1.29, 1.82) is 0 Å². The molecule has 1 aliphatic heterocycles. The zero-order valence-corrected chi connectivity index (χ0v) is 14.1. The van der Waals surface area contributed by atoms with Crippen molar-refractivity contribution in [3.05, 3.63) is 41.8 Å². The molecule has 0 aromatic carbocycles. The molecule has 1 aliphatic rings. The quantitative estimate of drug-likeness (QED) is 0.763. The van der Waals surface area contributed by atoms with Crippen LogP contribution in [0.4, 0.5) is 0 Å². The van der Waals surface area contributed by atoms with Crippen molar-refractivity contribution in [2.24, 2.45) is 0 Å². The summed E-state index contributed by atoms with van der Waals surface area (Å²) in [6.07, 6.45) is 3.40. The highest BCUT2D eigenvalue weighted by Crippen LogP contribution is 2.21. The fraction of sp³-hybridized carbons (Fsp3) is 0.500. The van der Waals surface area contributed by atoms with Crippen LogP contribution < -0.4 is 5.32 Å². The molecule has 0 unspecified atom stereocenters. The molecule has 3 heterocycles. The van der Waals surface area contributed by atoms with Crippen LogP contribution in [0.5, 0.6) is 0 Å². The fourth-order valence-corrected chi connectivity index (χ4v) is 2.71. The van der Waals surface area contributed by atoms with Gasteiger partial charge < -0.3 is 19.3 Å². The van der Waals surface area contributed by atoms with Crippen LogP contribution in [0.25, 0.3) is 0 Å². The number of morpholine rings is 1. The lowest BCUT2D eigenvalue weighted by Gasteiger charge is -2.33. The van der Waals surface area contributed by atoms with Crippen molar-refractivity contribution >= 4 is 5.91 Å². The number of ether oxygens (including phenoxy) is 2. The van der Waals surface area contributed by atoms with Gasteiger partial charge in [-0.25, -0.2) is 0 Å². The Bertz CT molecular complexity index is 672. The van der Waals surface area contributed by atoms with E-state index >= 15 is 0 Å². The average molecular weight is 347 g/mol. The summed E-state index contributed by atoms with van der Waals surface area (Å²) in [6, 6.07) is 3.29. The summed E-state index contributed by atoms with van der Waals surface area (Å²) in [5.41, 5.74) is 0.840. The number of hydrogen-bond donors (Lipinski definition) is 1. The lowest BCUT2D eigenvalue weighted by atomic mass is 10.1. The second-order valence-electron chi connectivity index (χ2n) is 5.59. The first-order valence-corrected chi connectivity index (χ1v) is 8.07. The van der Waals surface area contributed by atoms with Gasteiger partial charge in [0.15, 0.2) is 5.82 Å². The second-order valence-corrected chi connectivity index (χ2v) is 5.59. The molecule has 3 rings (SSSR count). The van der Waals surface area contributed by atoms with Crippen LogP contribution in [0, 0.1) is 0 Å². The third-order valence-corrected chi connectivity index (χ3v) is 3.86. The Hall–Kier alpha value is -2.36. The van der Waals surface area contributed by atoms with E-state index in [1.165, 1.54) is 0 Å². The normalized spacial score (nSPS) is 16.5. The van der Waals surface area contributed by atoms with Crippen molar-refractivity contribution < 1.29 is 18.8 Å². The van der Waals surface area contributed by atoms with Crippen molar-refractivity contribution in [3.63, 3.8) is 0 Å². The summed E-state index contributed by atoms with van der Waals surface area (Å²) in [4.78, 5) is 23.2. The van der Waals surface area contributed by atoms with Gasteiger partial charge in [-0.05, 0) is 11.6 Å². The number of nitrogens with zero attached hydrogens (tertiary/aromatic N) is 4. The molecule has 1 fully saturated rings. The van der Waals surface area contributed by atoms with E-state index in [4.69, 9.17) is 14.0 Å². The van der Waals surface area contributed by atoms with Gasteiger partial charge in [0, 0.05) is 32.6 Å². The summed E-state index contributed by atoms with van der Waals surface area (Å²) in [5.74, 6) is 0.650. The number of aromatic nitrogens is 3.